The molecule has 0 saturated heterocycles. The Balaban J connectivity index is 1.82. The summed E-state index contributed by atoms with van der Waals surface area (Å²) in [6, 6.07) is 0. The fourth-order valence-corrected chi connectivity index (χ4v) is 2.89. The fourth-order valence-electron chi connectivity index (χ4n) is 2.89. The molecule has 0 aliphatic heterocycles. The van der Waals surface area contributed by atoms with Crippen LogP contribution in [-0.4, -0.2) is 22.3 Å². The van der Waals surface area contributed by atoms with Gasteiger partial charge in [-0.2, -0.15) is 0 Å². The standard InChI is InChI=1S/C13H22O3/c14-12(8-9-3-1-2-4-9)11(13(15)16)7-10-5-6-10/h9-12,14H,1-8H2,(H,15,16)/t11-,12+/m1/s1. The second kappa shape index (κ2) is 5.17. The predicted molar refractivity (Wildman–Crippen MR) is 61.0 cm³/mol. The van der Waals surface area contributed by atoms with E-state index in [0.717, 1.165) is 12.8 Å². The summed E-state index contributed by atoms with van der Waals surface area (Å²) in [6.07, 6.45) is 7.91. The molecule has 2 aliphatic carbocycles. The molecule has 0 heterocycles. The SMILES string of the molecule is O=C(O)[C@H](CC1CC1)[C@@H](O)CC1CCCC1. The van der Waals surface area contributed by atoms with Crippen LogP contribution >= 0.6 is 0 Å². The minimum atomic E-state index is -0.808. The molecule has 0 unspecified atom stereocenters. The Bertz CT molecular complexity index is 242. The van der Waals surface area contributed by atoms with Gasteiger partial charge in [0, 0.05) is 0 Å². The Kier molecular flexibility index (Phi) is 3.85. The smallest absolute Gasteiger partial charge is 0.309 e. The lowest BCUT2D eigenvalue weighted by molar-refractivity contribution is -0.146. The van der Waals surface area contributed by atoms with Crippen molar-refractivity contribution in [3.63, 3.8) is 0 Å². The number of rotatable bonds is 6. The van der Waals surface area contributed by atoms with E-state index in [2.05, 4.69) is 0 Å². The molecule has 2 aliphatic rings. The minimum Gasteiger partial charge on any atom is -0.481 e. The maximum atomic E-state index is 11.1. The molecule has 2 fully saturated rings. The number of aliphatic hydroxyl groups is 1. The lowest BCUT2D eigenvalue weighted by atomic mass is 9.88. The molecule has 0 aromatic rings. The van der Waals surface area contributed by atoms with Crippen LogP contribution in [0, 0.1) is 17.8 Å². The van der Waals surface area contributed by atoms with Crippen molar-refractivity contribution in [1.82, 2.24) is 0 Å². The number of carbonyl (C=O) groups is 1. The largest absolute Gasteiger partial charge is 0.481 e. The predicted octanol–water partition coefficient (Wildman–Crippen LogP) is 2.43. The van der Waals surface area contributed by atoms with Crippen molar-refractivity contribution in [3.05, 3.63) is 0 Å². The third-order valence-corrected chi connectivity index (χ3v) is 4.12. The first kappa shape index (κ1) is 11.9. The van der Waals surface area contributed by atoms with Gasteiger partial charge in [0.15, 0.2) is 0 Å². The van der Waals surface area contributed by atoms with Gasteiger partial charge in [-0.15, -0.1) is 0 Å². The van der Waals surface area contributed by atoms with Gasteiger partial charge >= 0.3 is 5.97 Å². The van der Waals surface area contributed by atoms with Crippen molar-refractivity contribution in [2.75, 3.05) is 0 Å². The van der Waals surface area contributed by atoms with E-state index in [1.807, 2.05) is 0 Å². The zero-order valence-electron chi connectivity index (χ0n) is 9.77. The summed E-state index contributed by atoms with van der Waals surface area (Å²) in [5.74, 6) is -0.194. The molecule has 2 saturated carbocycles. The van der Waals surface area contributed by atoms with Gasteiger partial charge in [0.25, 0.3) is 0 Å². The molecule has 0 aromatic heterocycles. The number of carboxylic acids is 1. The topological polar surface area (TPSA) is 57.5 Å². The quantitative estimate of drug-likeness (QED) is 0.731. The maximum absolute atomic E-state index is 11.1. The van der Waals surface area contributed by atoms with E-state index in [0.29, 0.717) is 24.7 Å². The van der Waals surface area contributed by atoms with Crippen LogP contribution in [0.3, 0.4) is 0 Å². The Labute approximate surface area is 96.9 Å². The zero-order chi connectivity index (χ0) is 11.5. The van der Waals surface area contributed by atoms with Gasteiger partial charge in [0.1, 0.15) is 0 Å². The molecule has 0 spiro atoms. The van der Waals surface area contributed by atoms with Crippen LogP contribution in [0.2, 0.25) is 0 Å². The second-order valence-corrected chi connectivity index (χ2v) is 5.58. The van der Waals surface area contributed by atoms with Crippen LogP contribution in [0.1, 0.15) is 51.4 Å². The molecule has 0 radical (unpaired) electrons. The van der Waals surface area contributed by atoms with E-state index in [1.165, 1.54) is 25.7 Å². The lowest BCUT2D eigenvalue weighted by Crippen LogP contribution is -2.30. The molecule has 16 heavy (non-hydrogen) atoms. The van der Waals surface area contributed by atoms with Crippen molar-refractivity contribution in [3.8, 4) is 0 Å². The summed E-state index contributed by atoms with van der Waals surface area (Å²) in [5, 5.41) is 19.2. The summed E-state index contributed by atoms with van der Waals surface area (Å²) >= 11 is 0. The van der Waals surface area contributed by atoms with E-state index < -0.39 is 18.0 Å². The molecule has 2 N–H and O–H groups in total. The normalized spacial score (nSPS) is 25.6. The fraction of sp³-hybridized carbons (Fsp3) is 0.923. The molecular weight excluding hydrogens is 204 g/mol. The van der Waals surface area contributed by atoms with Crippen LogP contribution < -0.4 is 0 Å². The molecule has 0 aromatic carbocycles. The summed E-state index contributed by atoms with van der Waals surface area (Å²) < 4.78 is 0. The van der Waals surface area contributed by atoms with Crippen molar-refractivity contribution >= 4 is 5.97 Å². The van der Waals surface area contributed by atoms with Crippen LogP contribution in [0.4, 0.5) is 0 Å². The molecule has 92 valence electrons. The highest BCUT2D eigenvalue weighted by Crippen LogP contribution is 2.38. The van der Waals surface area contributed by atoms with E-state index in [1.54, 1.807) is 0 Å². The number of aliphatic hydroxyl groups excluding tert-OH is 1. The molecule has 2 atom stereocenters. The Hall–Kier alpha value is -0.570. The molecule has 3 heteroatoms. The summed E-state index contributed by atoms with van der Waals surface area (Å²) in [6.45, 7) is 0. The van der Waals surface area contributed by atoms with Gasteiger partial charge in [-0.25, -0.2) is 0 Å². The van der Waals surface area contributed by atoms with Crippen molar-refractivity contribution in [2.24, 2.45) is 17.8 Å². The van der Waals surface area contributed by atoms with E-state index in [4.69, 9.17) is 5.11 Å². The second-order valence-electron chi connectivity index (χ2n) is 5.58. The average molecular weight is 226 g/mol. The summed E-state index contributed by atoms with van der Waals surface area (Å²) in [4.78, 5) is 11.1. The van der Waals surface area contributed by atoms with E-state index in [-0.39, 0.29) is 0 Å². The van der Waals surface area contributed by atoms with Crippen molar-refractivity contribution < 1.29 is 15.0 Å². The highest BCUT2D eigenvalue weighted by molar-refractivity contribution is 5.70. The van der Waals surface area contributed by atoms with Crippen LogP contribution in [0.5, 0.6) is 0 Å². The van der Waals surface area contributed by atoms with Gasteiger partial charge in [0.05, 0.1) is 12.0 Å². The number of hydrogen-bond acceptors (Lipinski definition) is 2. The minimum absolute atomic E-state index is 0.520. The van der Waals surface area contributed by atoms with Crippen LogP contribution in [-0.2, 0) is 4.79 Å². The van der Waals surface area contributed by atoms with E-state index >= 15 is 0 Å². The Morgan fingerprint density at radius 2 is 1.62 bits per heavy atom. The number of carboxylic acid groups (broad SMARTS) is 1. The van der Waals surface area contributed by atoms with Gasteiger partial charge < -0.3 is 10.2 Å². The molecule has 2 rings (SSSR count). The van der Waals surface area contributed by atoms with E-state index in [9.17, 15) is 9.90 Å². The molecule has 0 bridgehead atoms. The molecule has 3 nitrogen and oxygen atoms in total. The summed E-state index contributed by atoms with van der Waals surface area (Å²) in [5.41, 5.74) is 0. The Morgan fingerprint density at radius 3 is 2.12 bits per heavy atom. The molecular formula is C13H22O3. The van der Waals surface area contributed by atoms with Gasteiger partial charge in [-0.1, -0.05) is 38.5 Å². The maximum Gasteiger partial charge on any atom is 0.309 e. The average Bonchev–Trinajstić information content (AvgIpc) is 2.91. The first-order valence-electron chi connectivity index (χ1n) is 6.57. The summed E-state index contributed by atoms with van der Waals surface area (Å²) in [7, 11) is 0. The first-order chi connectivity index (χ1) is 7.66. The zero-order valence-corrected chi connectivity index (χ0v) is 9.77. The monoisotopic (exact) mass is 226 g/mol. The first-order valence-corrected chi connectivity index (χ1v) is 6.57. The highest BCUT2D eigenvalue weighted by atomic mass is 16.4. The highest BCUT2D eigenvalue weighted by Gasteiger charge is 2.35. The van der Waals surface area contributed by atoms with Crippen molar-refractivity contribution in [1.29, 1.82) is 0 Å². The van der Waals surface area contributed by atoms with Gasteiger partial charge in [-0.05, 0) is 24.7 Å². The molecule has 0 amide bonds. The van der Waals surface area contributed by atoms with Crippen LogP contribution in [0.25, 0.3) is 0 Å². The number of aliphatic carboxylic acids is 1. The lowest BCUT2D eigenvalue weighted by Gasteiger charge is -2.21. The van der Waals surface area contributed by atoms with Gasteiger partial charge in [0.2, 0.25) is 0 Å². The van der Waals surface area contributed by atoms with Crippen molar-refractivity contribution in [2.45, 2.75) is 57.5 Å². The third-order valence-electron chi connectivity index (χ3n) is 4.12. The van der Waals surface area contributed by atoms with Crippen LogP contribution in [0.15, 0.2) is 0 Å². The Morgan fingerprint density at radius 1 is 1.06 bits per heavy atom. The third kappa shape index (κ3) is 3.21. The van der Waals surface area contributed by atoms with Gasteiger partial charge in [-0.3, -0.25) is 4.79 Å². The number of hydrogen-bond donors (Lipinski definition) is 2.